The molecule has 2 aliphatic heterocycles. The molecule has 3 aromatic carbocycles. The van der Waals surface area contributed by atoms with Gasteiger partial charge in [-0.05, 0) is 54.7 Å². The van der Waals surface area contributed by atoms with Crippen molar-refractivity contribution in [1.29, 1.82) is 0 Å². The molecule has 43 heavy (non-hydrogen) atoms. The molecule has 0 saturated carbocycles. The average molecular weight is 588 g/mol. The monoisotopic (exact) mass is 587 g/mol. The number of hydroxylamine groups is 2. The Labute approximate surface area is 246 Å². The summed E-state index contributed by atoms with van der Waals surface area (Å²) in [4.78, 5) is 66.7. The summed E-state index contributed by atoms with van der Waals surface area (Å²) in [5.41, 5.74) is 3.85. The molecule has 222 valence electrons. The Morgan fingerprint density at radius 3 is 2.28 bits per heavy atom. The van der Waals surface area contributed by atoms with Crippen molar-refractivity contribution in [3.05, 3.63) is 87.0 Å². The Morgan fingerprint density at radius 2 is 1.60 bits per heavy atom. The highest BCUT2D eigenvalue weighted by Crippen LogP contribution is 2.46. The smallest absolute Gasteiger partial charge is 0.333 e. The van der Waals surface area contributed by atoms with Crippen LogP contribution < -0.4 is 14.4 Å². The van der Waals surface area contributed by atoms with Crippen LogP contribution in [-0.2, 0) is 24.0 Å². The van der Waals surface area contributed by atoms with Gasteiger partial charge in [-0.1, -0.05) is 24.3 Å². The number of aryl methyl sites for hydroxylation is 2. The van der Waals surface area contributed by atoms with Crippen LogP contribution in [-0.4, -0.2) is 47.4 Å². The van der Waals surface area contributed by atoms with Gasteiger partial charge >= 0.3 is 11.9 Å². The fourth-order valence-corrected chi connectivity index (χ4v) is 5.30. The van der Waals surface area contributed by atoms with Gasteiger partial charge in [-0.3, -0.25) is 24.5 Å². The molecule has 0 N–H and O–H groups in total. The van der Waals surface area contributed by atoms with E-state index >= 15 is 0 Å². The normalized spacial score (nSPS) is 15.6. The number of benzene rings is 3. The highest BCUT2D eigenvalue weighted by atomic mass is 16.7. The van der Waals surface area contributed by atoms with Crippen LogP contribution in [0, 0.1) is 24.0 Å². The minimum atomic E-state index is -0.767. The molecule has 2 heterocycles. The maximum absolute atomic E-state index is 13.8. The number of nitrogens with zero attached hydrogens (tertiary/aromatic N) is 3. The van der Waals surface area contributed by atoms with Crippen LogP contribution in [0.4, 0.5) is 17.1 Å². The largest absolute Gasteiger partial charge is 0.494 e. The molecule has 1 fully saturated rings. The predicted octanol–water partition coefficient (Wildman–Crippen LogP) is 4.80. The van der Waals surface area contributed by atoms with E-state index in [1.54, 1.807) is 32.0 Å². The van der Waals surface area contributed by atoms with E-state index in [2.05, 4.69) is 0 Å². The molecule has 0 bridgehead atoms. The third-order valence-corrected chi connectivity index (χ3v) is 7.37. The molecule has 2 aliphatic rings. The zero-order chi connectivity index (χ0) is 30.8. The van der Waals surface area contributed by atoms with Crippen molar-refractivity contribution < 1.29 is 38.4 Å². The second kappa shape index (κ2) is 11.9. The summed E-state index contributed by atoms with van der Waals surface area (Å²) in [7, 11) is 1.88. The van der Waals surface area contributed by atoms with Gasteiger partial charge in [0.2, 0.25) is 0 Å². The second-order valence-electron chi connectivity index (χ2n) is 10.4. The van der Waals surface area contributed by atoms with E-state index in [-0.39, 0.29) is 43.7 Å². The highest BCUT2D eigenvalue weighted by molar-refractivity contribution is 6.01. The first-order valence-corrected chi connectivity index (χ1v) is 13.7. The number of para-hydroxylation sites is 1. The van der Waals surface area contributed by atoms with E-state index in [4.69, 9.17) is 14.3 Å². The van der Waals surface area contributed by atoms with Crippen LogP contribution in [0.3, 0.4) is 0 Å². The highest BCUT2D eigenvalue weighted by Gasteiger charge is 2.36. The summed E-state index contributed by atoms with van der Waals surface area (Å²) in [5, 5.41) is 11.8. The molecule has 1 atom stereocenters. The van der Waals surface area contributed by atoms with Crippen molar-refractivity contribution in [1.82, 2.24) is 5.06 Å². The summed E-state index contributed by atoms with van der Waals surface area (Å²) in [5.74, 6) is -2.26. The van der Waals surface area contributed by atoms with Crippen LogP contribution in [0.25, 0.3) is 0 Å². The molecule has 0 aliphatic carbocycles. The Morgan fingerprint density at radius 1 is 0.953 bits per heavy atom. The molecule has 12 nitrogen and oxygen atoms in total. The van der Waals surface area contributed by atoms with Crippen molar-refractivity contribution in [3.63, 3.8) is 0 Å². The first-order valence-electron chi connectivity index (χ1n) is 13.7. The third-order valence-electron chi connectivity index (χ3n) is 7.37. The van der Waals surface area contributed by atoms with Gasteiger partial charge in [0, 0.05) is 49.5 Å². The lowest BCUT2D eigenvalue weighted by Crippen LogP contribution is -2.32. The Kier molecular flexibility index (Phi) is 8.11. The van der Waals surface area contributed by atoms with Gasteiger partial charge in [-0.25, -0.2) is 4.79 Å². The topological polar surface area (TPSA) is 146 Å². The molecule has 0 spiro atoms. The van der Waals surface area contributed by atoms with Gasteiger partial charge < -0.3 is 19.2 Å². The maximum atomic E-state index is 13.8. The first-order chi connectivity index (χ1) is 20.5. The molecule has 3 aromatic rings. The zero-order valence-corrected chi connectivity index (χ0v) is 23.8. The van der Waals surface area contributed by atoms with Crippen LogP contribution >= 0.6 is 0 Å². The van der Waals surface area contributed by atoms with Crippen molar-refractivity contribution in [2.45, 2.75) is 45.4 Å². The summed E-state index contributed by atoms with van der Waals surface area (Å²) in [6, 6.07) is 15.5. The van der Waals surface area contributed by atoms with Crippen molar-refractivity contribution in [2.24, 2.45) is 0 Å². The van der Waals surface area contributed by atoms with Gasteiger partial charge in [0.05, 0.1) is 18.0 Å². The van der Waals surface area contributed by atoms with Crippen LogP contribution in [0.1, 0.15) is 53.9 Å². The summed E-state index contributed by atoms with van der Waals surface area (Å²) >= 11 is 0. The van der Waals surface area contributed by atoms with Gasteiger partial charge in [0.25, 0.3) is 17.5 Å². The Hall–Kier alpha value is -5.26. The van der Waals surface area contributed by atoms with Crippen molar-refractivity contribution >= 4 is 40.8 Å². The first kappa shape index (κ1) is 29.2. The Bertz CT molecular complexity index is 1610. The van der Waals surface area contributed by atoms with Crippen LogP contribution in [0.5, 0.6) is 11.5 Å². The molecule has 0 radical (unpaired) electrons. The quantitative estimate of drug-likeness (QED) is 0.0855. The lowest BCUT2D eigenvalue weighted by Gasteiger charge is -2.34. The number of nitro benzene ring substituents is 1. The van der Waals surface area contributed by atoms with E-state index in [1.165, 1.54) is 12.1 Å². The number of non-ortho nitro benzene ring substituents is 1. The summed E-state index contributed by atoms with van der Waals surface area (Å²) < 4.78 is 11.8. The van der Waals surface area contributed by atoms with Crippen molar-refractivity contribution in [2.75, 3.05) is 18.6 Å². The van der Waals surface area contributed by atoms with E-state index in [0.29, 0.717) is 27.5 Å². The fourth-order valence-electron chi connectivity index (χ4n) is 5.30. The number of ether oxygens (including phenoxy) is 2. The number of imide groups is 1. The number of carbonyl (C=O) groups is 4. The van der Waals surface area contributed by atoms with Gasteiger partial charge in [-0.2, -0.15) is 0 Å². The van der Waals surface area contributed by atoms with Crippen molar-refractivity contribution in [3.8, 4) is 11.5 Å². The van der Waals surface area contributed by atoms with E-state index in [9.17, 15) is 29.3 Å². The standard InChI is InChI=1S/C31H29N3O9/c1-18-15-20(34(39)40)16-19(2)30(18)42-31(38)29-22-7-4-5-8-24(22)32(3)25-17-21(10-11-23(25)29)41-14-6-9-28(37)43-33-26(35)12-13-27(33)36/h4-5,7-8,10-11,15-17,29H,6,9,12-14H2,1-3H3. The van der Waals surface area contributed by atoms with E-state index in [0.717, 1.165) is 16.9 Å². The molecule has 2 amide bonds. The van der Waals surface area contributed by atoms with Gasteiger partial charge in [0.1, 0.15) is 17.4 Å². The summed E-state index contributed by atoms with van der Waals surface area (Å²) in [6.07, 6.45) is 0.293. The number of anilines is 2. The van der Waals surface area contributed by atoms with Crippen LogP contribution in [0.15, 0.2) is 54.6 Å². The second-order valence-corrected chi connectivity index (χ2v) is 10.4. The lowest BCUT2D eigenvalue weighted by atomic mass is 9.85. The zero-order valence-electron chi connectivity index (χ0n) is 23.8. The molecular formula is C31H29N3O9. The van der Waals surface area contributed by atoms with Gasteiger partial charge in [-0.15, -0.1) is 5.06 Å². The molecule has 5 rings (SSSR count). The number of amides is 2. The fraction of sp³-hybridized carbons (Fsp3) is 0.290. The predicted molar refractivity (Wildman–Crippen MR) is 153 cm³/mol. The van der Waals surface area contributed by atoms with E-state index in [1.807, 2.05) is 36.2 Å². The number of nitro groups is 1. The maximum Gasteiger partial charge on any atom is 0.333 e. The molecule has 1 saturated heterocycles. The number of hydrogen-bond donors (Lipinski definition) is 0. The van der Waals surface area contributed by atoms with Gasteiger partial charge in [0.15, 0.2) is 0 Å². The average Bonchev–Trinajstić information content (AvgIpc) is 3.29. The minimum absolute atomic E-state index is 0.0291. The summed E-state index contributed by atoms with van der Waals surface area (Å²) in [6.45, 7) is 3.49. The number of esters is 1. The minimum Gasteiger partial charge on any atom is -0.494 e. The Balaban J connectivity index is 1.31. The molecule has 12 heteroatoms. The lowest BCUT2D eigenvalue weighted by molar-refractivity contribution is -0.385. The molecular weight excluding hydrogens is 558 g/mol. The number of fused-ring (bicyclic) bond motifs is 2. The van der Waals surface area contributed by atoms with Crippen LogP contribution in [0.2, 0.25) is 0 Å². The number of hydrogen-bond acceptors (Lipinski definition) is 10. The third kappa shape index (κ3) is 5.89. The molecule has 1 unspecified atom stereocenters. The number of rotatable bonds is 9. The number of carbonyl (C=O) groups excluding carboxylic acids is 4. The molecule has 0 aromatic heterocycles. The SMILES string of the molecule is Cc1cc([N+](=O)[O-])cc(C)c1OC(=O)C1c2ccccc2N(C)c2cc(OCCCC(=O)ON3C(=O)CCC3=O)ccc21. The van der Waals surface area contributed by atoms with E-state index < -0.39 is 34.6 Å².